The Morgan fingerprint density at radius 1 is 1.40 bits per heavy atom. The van der Waals surface area contributed by atoms with E-state index in [1.807, 2.05) is 12.1 Å². The highest BCUT2D eigenvalue weighted by molar-refractivity contribution is 5.79. The van der Waals surface area contributed by atoms with Crippen molar-refractivity contribution in [3.63, 3.8) is 0 Å². The van der Waals surface area contributed by atoms with Crippen LogP contribution in [0.15, 0.2) is 18.2 Å². The first-order valence-electron chi connectivity index (χ1n) is 7.52. The van der Waals surface area contributed by atoms with Gasteiger partial charge in [0.25, 0.3) is 0 Å². The molecule has 1 aromatic heterocycles. The molecule has 3 rings (SSSR count). The minimum Gasteiger partial charge on any atom is -0.399 e. The third-order valence-electron chi connectivity index (χ3n) is 4.16. The molecule has 2 aromatic rings. The molecular weight excluding hydrogens is 248 g/mol. The normalized spacial score (nSPS) is 15.7. The van der Waals surface area contributed by atoms with Crippen molar-refractivity contribution in [2.24, 2.45) is 0 Å². The maximum atomic E-state index is 5.87. The van der Waals surface area contributed by atoms with Gasteiger partial charge >= 0.3 is 0 Å². The van der Waals surface area contributed by atoms with Gasteiger partial charge in [-0.05, 0) is 38.1 Å². The van der Waals surface area contributed by atoms with Gasteiger partial charge in [0.1, 0.15) is 5.82 Å². The topological polar surface area (TPSA) is 47.1 Å². The van der Waals surface area contributed by atoms with E-state index in [4.69, 9.17) is 10.7 Å². The fraction of sp³-hybridized carbons (Fsp3) is 0.562. The molecule has 1 heterocycles. The number of nitrogens with two attached hydrogens (primary N) is 1. The molecule has 4 nitrogen and oxygen atoms in total. The van der Waals surface area contributed by atoms with E-state index in [1.165, 1.54) is 18.4 Å². The number of aromatic nitrogens is 2. The van der Waals surface area contributed by atoms with Crippen molar-refractivity contribution >= 4 is 16.7 Å². The molecule has 20 heavy (non-hydrogen) atoms. The van der Waals surface area contributed by atoms with Gasteiger partial charge < -0.3 is 15.2 Å². The lowest BCUT2D eigenvalue weighted by molar-refractivity contribution is 0.308. The second kappa shape index (κ2) is 5.09. The number of anilines is 1. The van der Waals surface area contributed by atoms with E-state index in [9.17, 15) is 0 Å². The summed E-state index contributed by atoms with van der Waals surface area (Å²) in [6.07, 6.45) is 2.71. The molecule has 0 aliphatic heterocycles. The molecule has 1 aromatic carbocycles. The van der Waals surface area contributed by atoms with Crippen LogP contribution in [-0.4, -0.2) is 34.1 Å². The average molecular weight is 272 g/mol. The predicted molar refractivity (Wildman–Crippen MR) is 83.9 cm³/mol. The van der Waals surface area contributed by atoms with Crippen LogP contribution in [0.3, 0.4) is 0 Å². The summed E-state index contributed by atoms with van der Waals surface area (Å²) in [4.78, 5) is 7.24. The Hall–Kier alpha value is -1.55. The molecule has 108 valence electrons. The van der Waals surface area contributed by atoms with Gasteiger partial charge in [-0.15, -0.1) is 0 Å². The van der Waals surface area contributed by atoms with Crippen LogP contribution in [0.1, 0.15) is 38.4 Å². The fourth-order valence-electron chi connectivity index (χ4n) is 2.80. The zero-order chi connectivity index (χ0) is 14.3. The van der Waals surface area contributed by atoms with Gasteiger partial charge in [-0.3, -0.25) is 0 Å². The first-order chi connectivity index (χ1) is 9.56. The van der Waals surface area contributed by atoms with Crippen LogP contribution in [0, 0.1) is 0 Å². The number of benzene rings is 1. The number of nitrogen functional groups attached to an aromatic ring is 1. The number of hydrogen-bond donors (Lipinski definition) is 1. The molecule has 0 saturated heterocycles. The van der Waals surface area contributed by atoms with Crippen LogP contribution in [0.25, 0.3) is 11.0 Å². The lowest BCUT2D eigenvalue weighted by Gasteiger charge is -2.18. The van der Waals surface area contributed by atoms with Crippen molar-refractivity contribution in [3.05, 3.63) is 24.0 Å². The predicted octanol–water partition coefficient (Wildman–Crippen LogP) is 2.84. The van der Waals surface area contributed by atoms with E-state index < -0.39 is 0 Å². The van der Waals surface area contributed by atoms with Crippen LogP contribution in [0.2, 0.25) is 0 Å². The quantitative estimate of drug-likeness (QED) is 0.851. The monoisotopic (exact) mass is 272 g/mol. The highest BCUT2D eigenvalue weighted by Crippen LogP contribution is 2.27. The van der Waals surface area contributed by atoms with Crippen LogP contribution < -0.4 is 5.73 Å². The first-order valence-corrected chi connectivity index (χ1v) is 7.52. The third kappa shape index (κ3) is 2.52. The first kappa shape index (κ1) is 13.4. The van der Waals surface area contributed by atoms with Crippen molar-refractivity contribution < 1.29 is 0 Å². The van der Waals surface area contributed by atoms with Crippen molar-refractivity contribution in [2.75, 3.05) is 19.3 Å². The van der Waals surface area contributed by atoms with Gasteiger partial charge in [-0.1, -0.05) is 13.8 Å². The lowest BCUT2D eigenvalue weighted by Crippen LogP contribution is -2.26. The van der Waals surface area contributed by atoms with Crippen molar-refractivity contribution in [1.29, 1.82) is 0 Å². The molecule has 0 radical (unpaired) electrons. The van der Waals surface area contributed by atoms with Gasteiger partial charge in [-0.2, -0.15) is 0 Å². The molecule has 1 saturated carbocycles. The zero-order valence-corrected chi connectivity index (χ0v) is 12.6. The molecule has 1 fully saturated rings. The summed E-state index contributed by atoms with van der Waals surface area (Å²) in [5.41, 5.74) is 8.87. The maximum Gasteiger partial charge on any atom is 0.112 e. The SMILES string of the molecule is CC(C)c1nc2cc(N)ccc2n1CCN(C)C1CC1. The molecule has 0 bridgehead atoms. The molecule has 1 aliphatic rings. The van der Waals surface area contributed by atoms with E-state index >= 15 is 0 Å². The molecule has 2 N–H and O–H groups in total. The number of rotatable bonds is 5. The number of imidazole rings is 1. The number of fused-ring (bicyclic) bond motifs is 1. The second-order valence-electron chi connectivity index (χ2n) is 6.24. The summed E-state index contributed by atoms with van der Waals surface area (Å²) >= 11 is 0. The van der Waals surface area contributed by atoms with E-state index in [-0.39, 0.29) is 0 Å². The highest BCUT2D eigenvalue weighted by Gasteiger charge is 2.26. The van der Waals surface area contributed by atoms with E-state index in [2.05, 4.69) is 36.4 Å². The largest absolute Gasteiger partial charge is 0.399 e. The van der Waals surface area contributed by atoms with Crippen LogP contribution in [0.4, 0.5) is 5.69 Å². The smallest absolute Gasteiger partial charge is 0.112 e. The van der Waals surface area contributed by atoms with E-state index in [0.29, 0.717) is 5.92 Å². The summed E-state index contributed by atoms with van der Waals surface area (Å²) in [6.45, 7) is 6.48. The van der Waals surface area contributed by atoms with Gasteiger partial charge in [0.15, 0.2) is 0 Å². The number of hydrogen-bond acceptors (Lipinski definition) is 3. The van der Waals surface area contributed by atoms with Gasteiger partial charge in [0.05, 0.1) is 11.0 Å². The van der Waals surface area contributed by atoms with Gasteiger partial charge in [0.2, 0.25) is 0 Å². The third-order valence-corrected chi connectivity index (χ3v) is 4.16. The summed E-state index contributed by atoms with van der Waals surface area (Å²) < 4.78 is 2.36. The number of nitrogens with zero attached hydrogens (tertiary/aromatic N) is 3. The highest BCUT2D eigenvalue weighted by atomic mass is 15.2. The Morgan fingerprint density at radius 2 is 2.15 bits per heavy atom. The zero-order valence-electron chi connectivity index (χ0n) is 12.6. The minimum atomic E-state index is 0.426. The van der Waals surface area contributed by atoms with Crippen LogP contribution in [0.5, 0.6) is 0 Å². The summed E-state index contributed by atoms with van der Waals surface area (Å²) in [7, 11) is 2.23. The van der Waals surface area contributed by atoms with Crippen molar-refractivity contribution in [3.8, 4) is 0 Å². The Kier molecular flexibility index (Phi) is 3.42. The van der Waals surface area contributed by atoms with Crippen molar-refractivity contribution in [1.82, 2.24) is 14.5 Å². The van der Waals surface area contributed by atoms with E-state index in [0.717, 1.165) is 36.2 Å². The second-order valence-corrected chi connectivity index (χ2v) is 6.24. The van der Waals surface area contributed by atoms with Crippen molar-refractivity contribution in [2.45, 2.75) is 45.2 Å². The Balaban J connectivity index is 1.91. The molecule has 0 spiro atoms. The molecule has 1 aliphatic carbocycles. The number of likely N-dealkylation sites (N-methyl/N-ethyl adjacent to an activating group) is 1. The summed E-state index contributed by atoms with van der Waals surface area (Å²) in [5, 5.41) is 0. The average Bonchev–Trinajstić information content (AvgIpc) is 3.18. The lowest BCUT2D eigenvalue weighted by atomic mass is 10.2. The molecular formula is C16H24N4. The Labute approximate surface area is 120 Å². The Bertz CT molecular complexity index is 610. The van der Waals surface area contributed by atoms with Gasteiger partial charge in [-0.25, -0.2) is 4.98 Å². The van der Waals surface area contributed by atoms with Crippen LogP contribution >= 0.6 is 0 Å². The summed E-state index contributed by atoms with van der Waals surface area (Å²) in [5.74, 6) is 1.59. The minimum absolute atomic E-state index is 0.426. The van der Waals surface area contributed by atoms with E-state index in [1.54, 1.807) is 0 Å². The fourth-order valence-corrected chi connectivity index (χ4v) is 2.80. The molecule has 0 atom stereocenters. The Morgan fingerprint density at radius 3 is 2.80 bits per heavy atom. The van der Waals surface area contributed by atoms with Gasteiger partial charge in [0, 0.05) is 30.7 Å². The maximum absolute atomic E-state index is 5.87. The molecule has 4 heteroatoms. The molecule has 0 unspecified atom stereocenters. The van der Waals surface area contributed by atoms with Crippen LogP contribution in [-0.2, 0) is 6.54 Å². The molecule has 0 amide bonds. The summed E-state index contributed by atoms with van der Waals surface area (Å²) in [6, 6.07) is 6.85. The standard InChI is InChI=1S/C16H24N4/c1-11(2)16-18-14-10-12(17)4-7-15(14)20(16)9-8-19(3)13-5-6-13/h4,7,10-11,13H,5-6,8-9,17H2,1-3H3.